The van der Waals surface area contributed by atoms with Crippen LogP contribution in [0.25, 0.3) is 0 Å². The van der Waals surface area contributed by atoms with Gasteiger partial charge in [-0.15, -0.1) is 0 Å². The molecule has 1 fully saturated rings. The molecule has 2 rings (SSSR count). The van der Waals surface area contributed by atoms with E-state index in [9.17, 15) is 4.79 Å². The molecule has 1 atom stereocenters. The number of carbonyl (C=O) groups excluding carboxylic acids is 1. The number of pyridine rings is 1. The van der Waals surface area contributed by atoms with Gasteiger partial charge in [0.05, 0.1) is 6.61 Å². The lowest BCUT2D eigenvalue weighted by molar-refractivity contribution is 0.0936. The van der Waals surface area contributed by atoms with E-state index in [4.69, 9.17) is 4.74 Å². The largest absolute Gasteiger partial charge is 0.477 e. The van der Waals surface area contributed by atoms with Crippen LogP contribution in [-0.2, 0) is 0 Å². The first-order valence-corrected chi connectivity index (χ1v) is 7.36. The zero-order valence-electron chi connectivity index (χ0n) is 12.3. The number of ether oxygens (including phenoxy) is 1. The van der Waals surface area contributed by atoms with E-state index in [2.05, 4.69) is 22.1 Å². The van der Waals surface area contributed by atoms with Gasteiger partial charge >= 0.3 is 0 Å². The van der Waals surface area contributed by atoms with E-state index < -0.39 is 0 Å². The summed E-state index contributed by atoms with van der Waals surface area (Å²) in [5, 5.41) is 3.00. The fourth-order valence-electron chi connectivity index (χ4n) is 2.66. The molecule has 2 heterocycles. The number of aromatic nitrogens is 1. The fourth-order valence-corrected chi connectivity index (χ4v) is 2.66. The minimum atomic E-state index is -0.107. The van der Waals surface area contributed by atoms with Gasteiger partial charge in [-0.05, 0) is 45.0 Å². The summed E-state index contributed by atoms with van der Waals surface area (Å²) in [4.78, 5) is 18.8. The smallest absolute Gasteiger partial charge is 0.256 e. The maximum atomic E-state index is 12.2. The number of likely N-dealkylation sites (N-methyl/N-ethyl adjacent to an activating group) is 1. The Bertz CT molecular complexity index is 450. The standard InChI is InChI=1S/C15H23N3O2/c1-3-18-10-6-7-12(18)11-17-14(19)13-8-5-9-16-15(13)20-4-2/h5,8-9,12H,3-4,6-7,10-11H2,1-2H3,(H,17,19). The van der Waals surface area contributed by atoms with E-state index in [0.717, 1.165) is 19.5 Å². The highest BCUT2D eigenvalue weighted by atomic mass is 16.5. The average Bonchev–Trinajstić information content (AvgIpc) is 2.93. The first-order valence-electron chi connectivity index (χ1n) is 7.36. The summed E-state index contributed by atoms with van der Waals surface area (Å²) < 4.78 is 5.39. The molecule has 0 aromatic carbocycles. The molecule has 1 aliphatic rings. The van der Waals surface area contributed by atoms with Crippen molar-refractivity contribution in [3.05, 3.63) is 23.9 Å². The maximum Gasteiger partial charge on any atom is 0.256 e. The van der Waals surface area contributed by atoms with Crippen LogP contribution in [0.2, 0.25) is 0 Å². The van der Waals surface area contributed by atoms with Crippen molar-refractivity contribution in [2.24, 2.45) is 0 Å². The second-order valence-electron chi connectivity index (χ2n) is 4.92. The molecule has 110 valence electrons. The fraction of sp³-hybridized carbons (Fsp3) is 0.600. The van der Waals surface area contributed by atoms with Crippen molar-refractivity contribution in [2.75, 3.05) is 26.2 Å². The van der Waals surface area contributed by atoms with E-state index in [-0.39, 0.29) is 5.91 Å². The number of likely N-dealkylation sites (tertiary alicyclic amines) is 1. The van der Waals surface area contributed by atoms with E-state index in [1.807, 2.05) is 6.92 Å². The highest BCUT2D eigenvalue weighted by molar-refractivity contribution is 5.96. The second kappa shape index (κ2) is 7.24. The molecule has 0 aliphatic carbocycles. The van der Waals surface area contributed by atoms with E-state index in [1.54, 1.807) is 18.3 Å². The van der Waals surface area contributed by atoms with Crippen molar-refractivity contribution in [1.29, 1.82) is 0 Å². The monoisotopic (exact) mass is 277 g/mol. The molecule has 0 bridgehead atoms. The Kier molecular flexibility index (Phi) is 5.35. The van der Waals surface area contributed by atoms with Crippen molar-refractivity contribution in [3.63, 3.8) is 0 Å². The van der Waals surface area contributed by atoms with Gasteiger partial charge in [-0.2, -0.15) is 0 Å². The lowest BCUT2D eigenvalue weighted by Gasteiger charge is -2.23. The van der Waals surface area contributed by atoms with Crippen LogP contribution in [-0.4, -0.2) is 48.1 Å². The first-order chi connectivity index (χ1) is 9.76. The van der Waals surface area contributed by atoms with Gasteiger partial charge < -0.3 is 10.1 Å². The third kappa shape index (κ3) is 3.48. The molecule has 1 N–H and O–H groups in total. The molecule has 5 heteroatoms. The van der Waals surface area contributed by atoms with Crippen molar-refractivity contribution in [3.8, 4) is 5.88 Å². The summed E-state index contributed by atoms with van der Waals surface area (Å²) in [5.74, 6) is 0.302. The molecule has 1 aromatic heterocycles. The van der Waals surface area contributed by atoms with Crippen LogP contribution in [0.4, 0.5) is 0 Å². The number of nitrogens with one attached hydrogen (secondary N) is 1. The molecule has 0 saturated carbocycles. The van der Waals surface area contributed by atoms with E-state index >= 15 is 0 Å². The molecule has 1 amide bonds. The Morgan fingerprint density at radius 2 is 2.40 bits per heavy atom. The van der Waals surface area contributed by atoms with E-state index in [0.29, 0.717) is 30.6 Å². The molecule has 1 saturated heterocycles. The molecule has 1 unspecified atom stereocenters. The number of carbonyl (C=O) groups is 1. The summed E-state index contributed by atoms with van der Waals surface area (Å²) in [6, 6.07) is 3.96. The molecular weight excluding hydrogens is 254 g/mol. The van der Waals surface area contributed by atoms with Crippen LogP contribution < -0.4 is 10.1 Å². The van der Waals surface area contributed by atoms with Crippen LogP contribution in [0.3, 0.4) is 0 Å². The predicted octanol–water partition coefficient (Wildman–Crippen LogP) is 1.69. The molecule has 0 radical (unpaired) electrons. The van der Waals surface area contributed by atoms with Gasteiger partial charge in [-0.25, -0.2) is 4.98 Å². The van der Waals surface area contributed by atoms with Crippen LogP contribution in [0.1, 0.15) is 37.0 Å². The Balaban J connectivity index is 1.95. The Morgan fingerprint density at radius 3 is 3.15 bits per heavy atom. The van der Waals surface area contributed by atoms with Gasteiger partial charge in [-0.3, -0.25) is 9.69 Å². The van der Waals surface area contributed by atoms with Crippen LogP contribution in [0, 0.1) is 0 Å². The molecule has 5 nitrogen and oxygen atoms in total. The third-order valence-electron chi connectivity index (χ3n) is 3.70. The van der Waals surface area contributed by atoms with Gasteiger partial charge in [0.1, 0.15) is 5.56 Å². The van der Waals surface area contributed by atoms with Crippen LogP contribution in [0.5, 0.6) is 5.88 Å². The van der Waals surface area contributed by atoms with Crippen LogP contribution >= 0.6 is 0 Å². The maximum absolute atomic E-state index is 12.2. The first kappa shape index (κ1) is 14.8. The minimum absolute atomic E-state index is 0.107. The number of nitrogens with zero attached hydrogens (tertiary/aromatic N) is 2. The van der Waals surface area contributed by atoms with Crippen molar-refractivity contribution in [1.82, 2.24) is 15.2 Å². The summed E-state index contributed by atoms with van der Waals surface area (Å²) in [5.41, 5.74) is 0.510. The topological polar surface area (TPSA) is 54.5 Å². The highest BCUT2D eigenvalue weighted by Gasteiger charge is 2.23. The molecule has 20 heavy (non-hydrogen) atoms. The zero-order chi connectivity index (χ0) is 14.4. The minimum Gasteiger partial charge on any atom is -0.477 e. The normalized spacial score (nSPS) is 19.0. The quantitative estimate of drug-likeness (QED) is 0.860. The van der Waals surface area contributed by atoms with Gasteiger partial charge in [0.25, 0.3) is 5.91 Å². The number of hydrogen-bond acceptors (Lipinski definition) is 4. The van der Waals surface area contributed by atoms with Gasteiger partial charge in [-0.1, -0.05) is 6.92 Å². The summed E-state index contributed by atoms with van der Waals surface area (Å²) in [6.07, 6.45) is 4.00. The molecule has 1 aliphatic heterocycles. The Labute approximate surface area is 120 Å². The number of hydrogen-bond donors (Lipinski definition) is 1. The third-order valence-corrected chi connectivity index (χ3v) is 3.70. The Hall–Kier alpha value is -1.62. The van der Waals surface area contributed by atoms with Crippen molar-refractivity contribution in [2.45, 2.75) is 32.7 Å². The predicted molar refractivity (Wildman–Crippen MR) is 78.0 cm³/mol. The number of amides is 1. The van der Waals surface area contributed by atoms with Gasteiger partial charge in [0, 0.05) is 18.8 Å². The summed E-state index contributed by atoms with van der Waals surface area (Å²) >= 11 is 0. The molecule has 1 aromatic rings. The summed E-state index contributed by atoms with van der Waals surface area (Å²) in [6.45, 7) is 7.41. The summed E-state index contributed by atoms with van der Waals surface area (Å²) in [7, 11) is 0. The average molecular weight is 277 g/mol. The lowest BCUT2D eigenvalue weighted by atomic mass is 10.2. The number of rotatable bonds is 6. The van der Waals surface area contributed by atoms with Crippen molar-refractivity contribution < 1.29 is 9.53 Å². The van der Waals surface area contributed by atoms with E-state index in [1.165, 1.54) is 6.42 Å². The van der Waals surface area contributed by atoms with Crippen molar-refractivity contribution >= 4 is 5.91 Å². The lowest BCUT2D eigenvalue weighted by Crippen LogP contribution is -2.40. The van der Waals surface area contributed by atoms with Gasteiger partial charge in [0.2, 0.25) is 5.88 Å². The molecular formula is C15H23N3O2. The van der Waals surface area contributed by atoms with Crippen LogP contribution in [0.15, 0.2) is 18.3 Å². The zero-order valence-corrected chi connectivity index (χ0v) is 12.3. The molecule has 0 spiro atoms. The van der Waals surface area contributed by atoms with Gasteiger partial charge in [0.15, 0.2) is 0 Å². The second-order valence-corrected chi connectivity index (χ2v) is 4.92. The highest BCUT2D eigenvalue weighted by Crippen LogP contribution is 2.17. The SMILES string of the molecule is CCOc1ncccc1C(=O)NCC1CCCN1CC. The Morgan fingerprint density at radius 1 is 1.55 bits per heavy atom.